The molecule has 2 aromatic rings. The van der Waals surface area contributed by atoms with Gasteiger partial charge >= 0.3 is 0 Å². The Kier molecular flexibility index (Phi) is 5.35. The third-order valence-electron chi connectivity index (χ3n) is 6.96. The molecule has 2 saturated heterocycles. The van der Waals surface area contributed by atoms with Gasteiger partial charge in [-0.15, -0.1) is 0 Å². The largest absolute Gasteiger partial charge is 0.371 e. The highest BCUT2D eigenvalue weighted by Crippen LogP contribution is 2.44. The van der Waals surface area contributed by atoms with Crippen LogP contribution in [0.2, 0.25) is 0 Å². The highest BCUT2D eigenvalue weighted by atomic mass is 16.7. The number of amides is 3. The number of methoxy groups -OCH3 is 2. The number of benzene rings is 2. The molecular weight excluding hydrogens is 410 g/mol. The molecule has 168 valence electrons. The van der Waals surface area contributed by atoms with Crippen molar-refractivity contribution in [2.24, 2.45) is 5.92 Å². The molecule has 0 bridgehead atoms. The number of piperidine rings is 2. The summed E-state index contributed by atoms with van der Waals surface area (Å²) in [5.74, 6) is -0.530. The second-order valence-corrected chi connectivity index (χ2v) is 8.64. The number of hydrogen-bond donors (Lipinski definition) is 1. The van der Waals surface area contributed by atoms with Crippen LogP contribution in [0.25, 0.3) is 10.8 Å². The van der Waals surface area contributed by atoms with Gasteiger partial charge in [0.25, 0.3) is 5.91 Å². The molecule has 1 N–H and O–H groups in total. The molecule has 0 aliphatic carbocycles. The van der Waals surface area contributed by atoms with E-state index in [0.717, 1.165) is 48.1 Å². The van der Waals surface area contributed by atoms with Crippen molar-refractivity contribution < 1.29 is 23.9 Å². The maximum atomic E-state index is 13.3. The predicted molar refractivity (Wildman–Crippen MR) is 120 cm³/mol. The van der Waals surface area contributed by atoms with Crippen LogP contribution in [-0.4, -0.2) is 57.4 Å². The Labute approximate surface area is 186 Å². The molecule has 1 atom stereocenters. The molecule has 0 aromatic heterocycles. The van der Waals surface area contributed by atoms with Crippen LogP contribution in [-0.2, 0) is 19.1 Å². The number of hydrogen-bond acceptors (Lipinski definition) is 6. The highest BCUT2D eigenvalue weighted by Gasteiger charge is 2.41. The normalized spacial score (nSPS) is 21.7. The van der Waals surface area contributed by atoms with Gasteiger partial charge in [0.2, 0.25) is 11.8 Å². The van der Waals surface area contributed by atoms with Crippen LogP contribution in [0.5, 0.6) is 0 Å². The zero-order chi connectivity index (χ0) is 22.4. The SMILES string of the molecule is COC(OC)C1CCN(c2ccc3c4c(cccc24)C(=O)N3C2CCC(=O)NC2=O)CC1. The zero-order valence-corrected chi connectivity index (χ0v) is 18.3. The number of carbonyl (C=O) groups is 3. The number of ether oxygens (including phenoxy) is 2. The molecule has 3 heterocycles. The Bertz CT molecular complexity index is 1090. The first-order valence-corrected chi connectivity index (χ1v) is 11.1. The first-order valence-electron chi connectivity index (χ1n) is 11.1. The molecule has 8 heteroatoms. The van der Waals surface area contributed by atoms with Crippen LogP contribution in [0.3, 0.4) is 0 Å². The van der Waals surface area contributed by atoms with Gasteiger partial charge in [-0.05, 0) is 37.5 Å². The molecule has 3 aliphatic rings. The zero-order valence-electron chi connectivity index (χ0n) is 18.3. The summed E-state index contributed by atoms with van der Waals surface area (Å²) in [6.45, 7) is 1.74. The first kappa shape index (κ1) is 20.9. The third kappa shape index (κ3) is 3.25. The standard InChI is InChI=1S/C24H27N3O5/c1-31-24(32-2)14-10-12-26(13-11-14)17-6-7-18-21-15(17)4-3-5-16(21)23(30)27(18)19-8-9-20(28)25-22(19)29/h3-7,14,19,24H,8-13H2,1-2H3,(H,25,28,29). The first-order chi connectivity index (χ1) is 15.5. The van der Waals surface area contributed by atoms with Crippen LogP contribution in [0.1, 0.15) is 36.0 Å². The van der Waals surface area contributed by atoms with Crippen molar-refractivity contribution in [1.82, 2.24) is 5.32 Å². The molecule has 8 nitrogen and oxygen atoms in total. The van der Waals surface area contributed by atoms with E-state index in [-0.39, 0.29) is 24.5 Å². The average Bonchev–Trinajstić information content (AvgIpc) is 3.09. The lowest BCUT2D eigenvalue weighted by atomic mass is 9.94. The monoisotopic (exact) mass is 437 g/mol. The molecule has 2 aromatic carbocycles. The number of nitrogens with zero attached hydrogens (tertiary/aromatic N) is 2. The lowest BCUT2D eigenvalue weighted by Gasteiger charge is -2.36. The fourth-order valence-corrected chi connectivity index (χ4v) is 5.40. The van der Waals surface area contributed by atoms with Gasteiger partial charge in [0.05, 0.1) is 5.69 Å². The summed E-state index contributed by atoms with van der Waals surface area (Å²) < 4.78 is 10.9. The average molecular weight is 437 g/mol. The van der Waals surface area contributed by atoms with Gasteiger partial charge in [0, 0.05) is 61.7 Å². The van der Waals surface area contributed by atoms with Crippen LogP contribution < -0.4 is 15.1 Å². The number of carbonyl (C=O) groups excluding carboxylic acids is 3. The summed E-state index contributed by atoms with van der Waals surface area (Å²) in [5.41, 5.74) is 2.44. The van der Waals surface area contributed by atoms with Crippen molar-refractivity contribution >= 4 is 39.9 Å². The quantitative estimate of drug-likeness (QED) is 0.571. The van der Waals surface area contributed by atoms with Gasteiger partial charge in [-0.2, -0.15) is 0 Å². The minimum atomic E-state index is -0.669. The van der Waals surface area contributed by atoms with E-state index in [1.807, 2.05) is 30.3 Å². The Morgan fingerprint density at radius 1 is 0.969 bits per heavy atom. The van der Waals surface area contributed by atoms with E-state index < -0.39 is 11.9 Å². The molecule has 5 rings (SSSR count). The van der Waals surface area contributed by atoms with E-state index in [2.05, 4.69) is 10.2 Å². The second-order valence-electron chi connectivity index (χ2n) is 8.64. The van der Waals surface area contributed by atoms with E-state index in [1.165, 1.54) is 0 Å². The summed E-state index contributed by atoms with van der Waals surface area (Å²) in [7, 11) is 3.35. The number of nitrogens with one attached hydrogen (secondary N) is 1. The van der Waals surface area contributed by atoms with E-state index >= 15 is 0 Å². The minimum absolute atomic E-state index is 0.181. The Morgan fingerprint density at radius 2 is 1.69 bits per heavy atom. The highest BCUT2D eigenvalue weighted by molar-refractivity contribution is 6.28. The van der Waals surface area contributed by atoms with E-state index in [4.69, 9.17) is 9.47 Å². The van der Waals surface area contributed by atoms with Crippen molar-refractivity contribution in [2.45, 2.75) is 38.0 Å². The Balaban J connectivity index is 1.47. The third-order valence-corrected chi connectivity index (χ3v) is 6.96. The fraction of sp³-hybridized carbons (Fsp3) is 0.458. The molecule has 0 saturated carbocycles. The molecule has 3 aliphatic heterocycles. The van der Waals surface area contributed by atoms with Gasteiger partial charge < -0.3 is 14.4 Å². The van der Waals surface area contributed by atoms with Crippen LogP contribution >= 0.6 is 0 Å². The number of rotatable bonds is 5. The topological polar surface area (TPSA) is 88.2 Å². The van der Waals surface area contributed by atoms with Gasteiger partial charge in [-0.3, -0.25) is 24.6 Å². The van der Waals surface area contributed by atoms with Crippen LogP contribution in [0.15, 0.2) is 30.3 Å². The molecule has 0 radical (unpaired) electrons. The van der Waals surface area contributed by atoms with Gasteiger partial charge in [0.1, 0.15) is 6.04 Å². The maximum Gasteiger partial charge on any atom is 0.259 e. The van der Waals surface area contributed by atoms with Crippen LogP contribution in [0.4, 0.5) is 11.4 Å². The van der Waals surface area contributed by atoms with Gasteiger partial charge in [-0.1, -0.05) is 12.1 Å². The predicted octanol–water partition coefficient (Wildman–Crippen LogP) is 2.44. The van der Waals surface area contributed by atoms with E-state index in [9.17, 15) is 14.4 Å². The second kappa shape index (κ2) is 8.18. The summed E-state index contributed by atoms with van der Waals surface area (Å²) >= 11 is 0. The van der Waals surface area contributed by atoms with Crippen molar-refractivity contribution in [3.8, 4) is 0 Å². The van der Waals surface area contributed by atoms with Crippen molar-refractivity contribution in [3.05, 3.63) is 35.9 Å². The van der Waals surface area contributed by atoms with E-state index in [0.29, 0.717) is 17.9 Å². The molecule has 3 amide bonds. The smallest absolute Gasteiger partial charge is 0.259 e. The maximum absolute atomic E-state index is 13.3. The molecule has 0 spiro atoms. The fourth-order valence-electron chi connectivity index (χ4n) is 5.40. The van der Waals surface area contributed by atoms with Crippen molar-refractivity contribution in [3.63, 3.8) is 0 Å². The Morgan fingerprint density at radius 3 is 2.38 bits per heavy atom. The van der Waals surface area contributed by atoms with Gasteiger partial charge in [-0.25, -0.2) is 0 Å². The minimum Gasteiger partial charge on any atom is -0.371 e. The summed E-state index contributed by atoms with van der Waals surface area (Å²) in [6.07, 6.45) is 2.29. The summed E-state index contributed by atoms with van der Waals surface area (Å²) in [5, 5.41) is 4.26. The molecule has 2 fully saturated rings. The Hall–Kier alpha value is -2.97. The summed E-state index contributed by atoms with van der Waals surface area (Å²) in [6, 6.07) is 9.07. The van der Waals surface area contributed by atoms with Crippen molar-refractivity contribution in [1.29, 1.82) is 0 Å². The number of imide groups is 1. The van der Waals surface area contributed by atoms with Crippen LogP contribution in [0, 0.1) is 5.92 Å². The summed E-state index contributed by atoms with van der Waals surface area (Å²) in [4.78, 5) is 41.3. The van der Waals surface area contributed by atoms with E-state index in [1.54, 1.807) is 19.1 Å². The molecule has 32 heavy (non-hydrogen) atoms. The lowest BCUT2D eigenvalue weighted by Crippen LogP contribution is -2.53. The lowest BCUT2D eigenvalue weighted by molar-refractivity contribution is -0.141. The molecular formula is C24H27N3O5. The van der Waals surface area contributed by atoms with Gasteiger partial charge in [0.15, 0.2) is 6.29 Å². The number of anilines is 2. The molecule has 1 unspecified atom stereocenters. The van der Waals surface area contributed by atoms with Crippen molar-refractivity contribution in [2.75, 3.05) is 37.1 Å².